The van der Waals surface area contributed by atoms with Crippen molar-refractivity contribution in [2.24, 2.45) is 0 Å². The van der Waals surface area contributed by atoms with Gasteiger partial charge in [0, 0.05) is 43.9 Å². The molecule has 0 spiro atoms. The first-order valence-corrected chi connectivity index (χ1v) is 13.6. The van der Waals surface area contributed by atoms with Crippen LogP contribution in [0.1, 0.15) is 37.4 Å². The van der Waals surface area contributed by atoms with E-state index in [0.29, 0.717) is 12.2 Å². The van der Waals surface area contributed by atoms with E-state index in [2.05, 4.69) is 25.9 Å². The van der Waals surface area contributed by atoms with Crippen molar-refractivity contribution in [2.75, 3.05) is 19.6 Å². The maximum Gasteiger partial charge on any atom is 0.328 e. The highest BCUT2D eigenvalue weighted by molar-refractivity contribution is 5.89. The van der Waals surface area contributed by atoms with E-state index in [-0.39, 0.29) is 43.7 Å². The summed E-state index contributed by atoms with van der Waals surface area (Å²) in [5.74, 6) is -2.18. The van der Waals surface area contributed by atoms with E-state index in [1.165, 1.54) is 6.33 Å². The van der Waals surface area contributed by atoms with E-state index >= 15 is 0 Å². The molecule has 4 rings (SSSR count). The lowest BCUT2D eigenvalue weighted by Crippen LogP contribution is -2.56. The number of carboxylic acid groups (broad SMARTS) is 1. The van der Waals surface area contributed by atoms with Gasteiger partial charge in [-0.25, -0.2) is 9.78 Å². The average Bonchev–Trinajstić information content (AvgIpc) is 3.66. The van der Waals surface area contributed by atoms with Crippen molar-refractivity contribution in [3.05, 3.63) is 66.2 Å². The van der Waals surface area contributed by atoms with Gasteiger partial charge < -0.3 is 26.0 Å². The number of ketones is 1. The summed E-state index contributed by atoms with van der Waals surface area (Å²) in [4.78, 5) is 59.5. The number of carbonyl (C=O) groups excluding carboxylic acids is 3. The number of Topliss-reactive ketones (excluding diaryl/α,β-unsaturated/α-hetero) is 1. The second-order valence-corrected chi connectivity index (χ2v) is 10.0. The van der Waals surface area contributed by atoms with Crippen molar-refractivity contribution in [3.8, 4) is 0 Å². The van der Waals surface area contributed by atoms with Crippen molar-refractivity contribution in [3.63, 3.8) is 0 Å². The first-order chi connectivity index (χ1) is 19.4. The summed E-state index contributed by atoms with van der Waals surface area (Å²) in [5, 5.41) is 20.2. The Bertz CT molecular complexity index is 1320. The summed E-state index contributed by atoms with van der Waals surface area (Å²) in [6.45, 7) is 2.30. The van der Waals surface area contributed by atoms with Gasteiger partial charge in [0.2, 0.25) is 11.8 Å². The lowest BCUT2D eigenvalue weighted by molar-refractivity contribution is -0.142. The largest absolute Gasteiger partial charge is 0.480 e. The third-order valence-corrected chi connectivity index (χ3v) is 7.18. The Hall–Kier alpha value is -4.09. The Balaban J connectivity index is 1.63. The molecule has 40 heavy (non-hydrogen) atoms. The summed E-state index contributed by atoms with van der Waals surface area (Å²) < 4.78 is 0. The van der Waals surface area contributed by atoms with Crippen molar-refractivity contribution in [1.82, 2.24) is 30.8 Å². The number of aromatic nitrogens is 2. The molecule has 212 valence electrons. The van der Waals surface area contributed by atoms with E-state index < -0.39 is 24.0 Å². The zero-order valence-corrected chi connectivity index (χ0v) is 22.6. The molecule has 0 bridgehead atoms. The SMILES string of the molecule is CCC(=O)NC[C@H](NC(=O)CN(Cc1cccc2ccccc12)C(C(=O)Cc1cnc[nH]1)[C@@H]1CCCN1)C(=O)O. The number of aliphatic carboxylic acids is 1. The number of hydrogen-bond acceptors (Lipinski definition) is 7. The van der Waals surface area contributed by atoms with E-state index in [1.807, 2.05) is 47.4 Å². The fourth-order valence-corrected chi connectivity index (χ4v) is 5.20. The molecule has 1 aliphatic rings. The molecule has 1 fully saturated rings. The second-order valence-electron chi connectivity index (χ2n) is 10.0. The zero-order valence-electron chi connectivity index (χ0n) is 22.6. The molecule has 0 aliphatic carbocycles. The van der Waals surface area contributed by atoms with Gasteiger partial charge in [-0.05, 0) is 35.7 Å². The van der Waals surface area contributed by atoms with Gasteiger partial charge >= 0.3 is 5.97 Å². The number of H-pyrrole nitrogens is 1. The molecule has 11 nitrogen and oxygen atoms in total. The molecular weight excluding hydrogens is 512 g/mol. The fourth-order valence-electron chi connectivity index (χ4n) is 5.20. The number of hydrogen-bond donors (Lipinski definition) is 5. The van der Waals surface area contributed by atoms with E-state index in [4.69, 9.17) is 0 Å². The number of rotatable bonds is 14. The summed E-state index contributed by atoms with van der Waals surface area (Å²) >= 11 is 0. The third kappa shape index (κ3) is 7.51. The van der Waals surface area contributed by atoms with Gasteiger partial charge in [-0.3, -0.25) is 19.3 Å². The minimum Gasteiger partial charge on any atom is -0.480 e. The Morgan fingerprint density at radius 2 is 1.93 bits per heavy atom. The van der Waals surface area contributed by atoms with Crippen LogP contribution >= 0.6 is 0 Å². The molecule has 0 radical (unpaired) electrons. The molecule has 2 aromatic carbocycles. The lowest BCUT2D eigenvalue weighted by Gasteiger charge is -2.35. The molecule has 1 saturated heterocycles. The quantitative estimate of drug-likeness (QED) is 0.202. The predicted octanol–water partition coefficient (Wildman–Crippen LogP) is 1.39. The van der Waals surface area contributed by atoms with E-state index in [0.717, 1.165) is 35.7 Å². The summed E-state index contributed by atoms with van der Waals surface area (Å²) in [6.07, 6.45) is 5.14. The number of imidazole rings is 1. The first kappa shape index (κ1) is 28.9. The number of nitrogens with one attached hydrogen (secondary N) is 4. The number of carboxylic acids is 1. The molecule has 1 aromatic heterocycles. The zero-order chi connectivity index (χ0) is 28.5. The minimum atomic E-state index is -1.30. The molecule has 0 saturated carbocycles. The summed E-state index contributed by atoms with van der Waals surface area (Å²) in [6, 6.07) is 11.8. The van der Waals surface area contributed by atoms with Gasteiger partial charge in [0.05, 0.1) is 18.9 Å². The molecular formula is C29H36N6O5. The maximum absolute atomic E-state index is 13.8. The van der Waals surface area contributed by atoms with Crippen LogP contribution in [0.3, 0.4) is 0 Å². The van der Waals surface area contributed by atoms with Gasteiger partial charge in [0.15, 0.2) is 5.78 Å². The Labute approximate surface area is 232 Å². The number of fused-ring (bicyclic) bond motifs is 1. The smallest absolute Gasteiger partial charge is 0.328 e. The standard InChI is InChI=1S/C29H36N6O5/c1-2-26(37)32-15-24(29(39)40)34-27(38)17-35(16-20-9-5-8-19-7-3-4-10-22(19)20)28(23-11-6-12-31-23)25(36)13-21-14-30-18-33-21/h3-5,7-10,14,18,23-24,28,31H,2,6,11-13,15-17H2,1H3,(H,30,33)(H,32,37)(H,34,38)(H,39,40)/t23-,24-,28?/m0/s1. The van der Waals surface area contributed by atoms with Crippen LogP contribution in [0.4, 0.5) is 0 Å². The van der Waals surface area contributed by atoms with Crippen molar-refractivity contribution >= 4 is 34.3 Å². The first-order valence-electron chi connectivity index (χ1n) is 13.6. The highest BCUT2D eigenvalue weighted by atomic mass is 16.4. The Kier molecular flexibility index (Phi) is 9.98. The molecule has 2 heterocycles. The minimum absolute atomic E-state index is 0.0679. The monoisotopic (exact) mass is 548 g/mol. The third-order valence-electron chi connectivity index (χ3n) is 7.18. The lowest BCUT2D eigenvalue weighted by atomic mass is 9.95. The Morgan fingerprint density at radius 3 is 2.62 bits per heavy atom. The Morgan fingerprint density at radius 1 is 1.12 bits per heavy atom. The van der Waals surface area contributed by atoms with E-state index in [9.17, 15) is 24.3 Å². The van der Waals surface area contributed by atoms with Crippen molar-refractivity contribution in [2.45, 2.75) is 57.3 Å². The van der Waals surface area contributed by atoms with Gasteiger partial charge in [-0.15, -0.1) is 0 Å². The van der Waals surface area contributed by atoms with Crippen LogP contribution in [0.2, 0.25) is 0 Å². The van der Waals surface area contributed by atoms with Gasteiger partial charge in [0.25, 0.3) is 0 Å². The molecule has 3 aromatic rings. The highest BCUT2D eigenvalue weighted by Gasteiger charge is 2.37. The topological polar surface area (TPSA) is 157 Å². The fraction of sp³-hybridized carbons (Fsp3) is 0.414. The van der Waals surface area contributed by atoms with Crippen LogP contribution < -0.4 is 16.0 Å². The second kappa shape index (κ2) is 13.8. The highest BCUT2D eigenvalue weighted by Crippen LogP contribution is 2.24. The average molecular weight is 549 g/mol. The number of aromatic amines is 1. The molecule has 2 amide bonds. The number of amides is 2. The molecule has 5 N–H and O–H groups in total. The summed E-state index contributed by atoms with van der Waals surface area (Å²) in [5.41, 5.74) is 1.63. The normalized spacial score (nSPS) is 16.5. The van der Waals surface area contributed by atoms with Crippen LogP contribution in [0.5, 0.6) is 0 Å². The molecule has 1 unspecified atom stereocenters. The molecule has 11 heteroatoms. The van der Waals surface area contributed by atoms with Crippen LogP contribution in [-0.4, -0.2) is 81.3 Å². The summed E-state index contributed by atoms with van der Waals surface area (Å²) in [7, 11) is 0. The van der Waals surface area contributed by atoms with Crippen molar-refractivity contribution in [1.29, 1.82) is 0 Å². The van der Waals surface area contributed by atoms with E-state index in [1.54, 1.807) is 13.1 Å². The van der Waals surface area contributed by atoms with Gasteiger partial charge in [-0.1, -0.05) is 49.4 Å². The number of nitrogens with zero attached hydrogens (tertiary/aromatic N) is 2. The van der Waals surface area contributed by atoms with Crippen molar-refractivity contribution < 1.29 is 24.3 Å². The maximum atomic E-state index is 13.8. The van der Waals surface area contributed by atoms with Gasteiger partial charge in [-0.2, -0.15) is 0 Å². The number of benzene rings is 2. The van der Waals surface area contributed by atoms with Crippen LogP contribution in [-0.2, 0) is 32.1 Å². The van der Waals surface area contributed by atoms with Crippen LogP contribution in [0.15, 0.2) is 55.0 Å². The van der Waals surface area contributed by atoms with Crippen LogP contribution in [0.25, 0.3) is 10.8 Å². The number of carbonyl (C=O) groups is 4. The predicted molar refractivity (Wildman–Crippen MR) is 149 cm³/mol. The van der Waals surface area contributed by atoms with Crippen LogP contribution in [0, 0.1) is 0 Å². The van der Waals surface area contributed by atoms with Gasteiger partial charge in [0.1, 0.15) is 6.04 Å². The molecule has 3 atom stereocenters. The molecule has 1 aliphatic heterocycles.